The maximum atomic E-state index is 13.1. The summed E-state index contributed by atoms with van der Waals surface area (Å²) in [7, 11) is 0. The molecule has 0 unspecified atom stereocenters. The van der Waals surface area contributed by atoms with Gasteiger partial charge < -0.3 is 15.2 Å². The number of hydrogen-bond acceptors (Lipinski definition) is 2. The summed E-state index contributed by atoms with van der Waals surface area (Å²) in [5, 5.41) is 4.89. The number of aromatic nitrogens is 2. The summed E-state index contributed by atoms with van der Waals surface area (Å²) < 4.78 is 80.7. The number of hydrogen-bond donors (Lipinski definition) is 2. The lowest BCUT2D eigenvalue weighted by Gasteiger charge is -2.34. The van der Waals surface area contributed by atoms with E-state index in [0.717, 1.165) is 30.5 Å². The van der Waals surface area contributed by atoms with E-state index in [9.17, 15) is 31.1 Å². The van der Waals surface area contributed by atoms with Crippen LogP contribution in [0.3, 0.4) is 0 Å². The Hall–Kier alpha value is -3.50. The van der Waals surface area contributed by atoms with Gasteiger partial charge in [-0.2, -0.15) is 26.3 Å². The Bertz CT molecular complexity index is 1140. The lowest BCUT2D eigenvalue weighted by molar-refractivity contribution is -0.143. The molecular weight excluding hydrogens is 474 g/mol. The standard InChI is InChI=1S/C24H22F6N4O/c25-23(26,27)16-10-17(24(28,29)30)12-18(11-16)32-22(35)33-19-8-4-5-9-20(19)34-14-31-13-21(34)15-6-2-1-3-7-15/h1-3,6-7,10-14,19-20H,4-5,8-9H2,(H2,32,33,35)/t19-,20-/m1/s1. The molecule has 0 spiro atoms. The fourth-order valence-corrected chi connectivity index (χ4v) is 4.38. The Morgan fingerprint density at radius 2 is 1.54 bits per heavy atom. The van der Waals surface area contributed by atoms with E-state index in [2.05, 4.69) is 15.6 Å². The van der Waals surface area contributed by atoms with E-state index in [0.29, 0.717) is 18.6 Å². The fraction of sp³-hybridized carbons (Fsp3) is 0.333. The lowest BCUT2D eigenvalue weighted by Crippen LogP contribution is -2.45. The van der Waals surface area contributed by atoms with Crippen LogP contribution in [-0.2, 0) is 12.4 Å². The van der Waals surface area contributed by atoms with Gasteiger partial charge in [-0.3, -0.25) is 0 Å². The van der Waals surface area contributed by atoms with Crippen LogP contribution in [0.15, 0.2) is 61.1 Å². The SMILES string of the molecule is O=C(Nc1cc(C(F)(F)F)cc(C(F)(F)F)c1)N[C@@H]1CCCC[C@H]1n1cncc1-c1ccccc1. The molecule has 2 aromatic carbocycles. The largest absolute Gasteiger partial charge is 0.416 e. The van der Waals surface area contributed by atoms with Crippen molar-refractivity contribution in [2.45, 2.75) is 50.1 Å². The van der Waals surface area contributed by atoms with E-state index in [1.807, 2.05) is 34.9 Å². The van der Waals surface area contributed by atoms with Crippen molar-refractivity contribution in [3.05, 3.63) is 72.2 Å². The highest BCUT2D eigenvalue weighted by molar-refractivity contribution is 5.89. The van der Waals surface area contributed by atoms with Crippen LogP contribution in [0, 0.1) is 0 Å². The zero-order valence-electron chi connectivity index (χ0n) is 18.3. The molecule has 1 fully saturated rings. The van der Waals surface area contributed by atoms with Crippen LogP contribution in [0.1, 0.15) is 42.9 Å². The predicted octanol–water partition coefficient (Wildman–Crippen LogP) is 6.89. The normalized spacial score (nSPS) is 18.8. The number of rotatable bonds is 4. The topological polar surface area (TPSA) is 59.0 Å². The number of nitrogens with one attached hydrogen (secondary N) is 2. The molecule has 0 aliphatic heterocycles. The number of anilines is 1. The number of alkyl halides is 6. The zero-order chi connectivity index (χ0) is 25.2. The van der Waals surface area contributed by atoms with E-state index in [4.69, 9.17) is 0 Å². The molecule has 4 rings (SSSR count). The summed E-state index contributed by atoms with van der Waals surface area (Å²) >= 11 is 0. The first-order valence-corrected chi connectivity index (χ1v) is 11.0. The molecule has 1 aliphatic rings. The molecule has 1 aromatic heterocycles. The van der Waals surface area contributed by atoms with Gasteiger partial charge >= 0.3 is 18.4 Å². The summed E-state index contributed by atoms with van der Waals surface area (Å²) in [5.74, 6) is 0. The Morgan fingerprint density at radius 3 is 2.17 bits per heavy atom. The van der Waals surface area contributed by atoms with E-state index >= 15 is 0 Å². The van der Waals surface area contributed by atoms with Gasteiger partial charge in [0.2, 0.25) is 0 Å². The van der Waals surface area contributed by atoms with Gasteiger partial charge in [-0.1, -0.05) is 43.2 Å². The third-order valence-electron chi connectivity index (χ3n) is 5.98. The molecule has 2 amide bonds. The number of benzene rings is 2. The van der Waals surface area contributed by atoms with Crippen molar-refractivity contribution in [3.63, 3.8) is 0 Å². The quantitative estimate of drug-likeness (QED) is 0.387. The first-order valence-electron chi connectivity index (χ1n) is 11.0. The number of nitrogens with zero attached hydrogens (tertiary/aromatic N) is 2. The minimum absolute atomic E-state index is 0.0183. The number of carbonyl (C=O) groups excluding carboxylic acids is 1. The van der Waals surface area contributed by atoms with Gasteiger partial charge in [-0.05, 0) is 36.6 Å². The maximum Gasteiger partial charge on any atom is 0.416 e. The molecule has 1 aliphatic carbocycles. The molecule has 186 valence electrons. The summed E-state index contributed by atoms with van der Waals surface area (Å²) in [6.45, 7) is 0. The van der Waals surface area contributed by atoms with Crippen LogP contribution in [0.25, 0.3) is 11.3 Å². The number of amides is 2. The van der Waals surface area contributed by atoms with Crippen molar-refractivity contribution in [2.24, 2.45) is 0 Å². The van der Waals surface area contributed by atoms with Crippen molar-refractivity contribution in [1.82, 2.24) is 14.9 Å². The average Bonchev–Trinajstić information content (AvgIpc) is 3.28. The number of carbonyl (C=O) groups is 1. The van der Waals surface area contributed by atoms with Gasteiger partial charge in [0.1, 0.15) is 0 Å². The first kappa shape index (κ1) is 24.6. The number of urea groups is 1. The molecule has 2 atom stereocenters. The third kappa shape index (κ3) is 5.77. The van der Waals surface area contributed by atoms with Crippen molar-refractivity contribution >= 4 is 11.7 Å². The Labute approximate surface area is 197 Å². The Morgan fingerprint density at radius 1 is 0.914 bits per heavy atom. The van der Waals surface area contributed by atoms with Crippen LogP contribution in [0.4, 0.5) is 36.8 Å². The van der Waals surface area contributed by atoms with Gasteiger partial charge in [0.15, 0.2) is 0 Å². The molecule has 0 radical (unpaired) electrons. The van der Waals surface area contributed by atoms with Crippen molar-refractivity contribution in [1.29, 1.82) is 0 Å². The van der Waals surface area contributed by atoms with E-state index < -0.39 is 41.2 Å². The second kappa shape index (κ2) is 9.63. The van der Waals surface area contributed by atoms with Crippen molar-refractivity contribution in [3.8, 4) is 11.3 Å². The molecule has 1 saturated carbocycles. The summed E-state index contributed by atoms with van der Waals surface area (Å²) in [6.07, 6.45) is -3.59. The first-order chi connectivity index (χ1) is 16.5. The number of halogens is 6. The third-order valence-corrected chi connectivity index (χ3v) is 5.98. The Balaban J connectivity index is 1.55. The molecule has 1 heterocycles. The maximum absolute atomic E-state index is 13.1. The molecule has 2 N–H and O–H groups in total. The molecule has 5 nitrogen and oxygen atoms in total. The van der Waals surface area contributed by atoms with Crippen molar-refractivity contribution in [2.75, 3.05) is 5.32 Å². The second-order valence-corrected chi connectivity index (χ2v) is 8.40. The summed E-state index contributed by atoms with van der Waals surface area (Å²) in [6, 6.07) is 9.05. The minimum Gasteiger partial charge on any atom is -0.333 e. The van der Waals surface area contributed by atoms with Gasteiger partial charge in [-0.25, -0.2) is 9.78 Å². The minimum atomic E-state index is -5.00. The van der Waals surface area contributed by atoms with Gasteiger partial charge in [0.05, 0.1) is 41.4 Å². The molecule has 0 saturated heterocycles. The smallest absolute Gasteiger partial charge is 0.333 e. The van der Waals surface area contributed by atoms with Gasteiger partial charge in [0.25, 0.3) is 0 Å². The predicted molar refractivity (Wildman–Crippen MR) is 118 cm³/mol. The molecule has 0 bridgehead atoms. The molecule has 11 heteroatoms. The van der Waals surface area contributed by atoms with Crippen molar-refractivity contribution < 1.29 is 31.1 Å². The fourth-order valence-electron chi connectivity index (χ4n) is 4.38. The van der Waals surface area contributed by atoms with E-state index in [1.54, 1.807) is 12.5 Å². The summed E-state index contributed by atoms with van der Waals surface area (Å²) in [5.41, 5.74) is -1.81. The zero-order valence-corrected chi connectivity index (χ0v) is 18.3. The average molecular weight is 496 g/mol. The number of imidazole rings is 1. The monoisotopic (exact) mass is 496 g/mol. The van der Waals surface area contributed by atoms with E-state index in [-0.39, 0.29) is 12.1 Å². The van der Waals surface area contributed by atoms with Crippen LogP contribution >= 0.6 is 0 Å². The van der Waals surface area contributed by atoms with E-state index in [1.165, 1.54) is 0 Å². The van der Waals surface area contributed by atoms with Crippen LogP contribution < -0.4 is 10.6 Å². The molecule has 35 heavy (non-hydrogen) atoms. The molecule has 3 aromatic rings. The molecular formula is C24H22F6N4O. The summed E-state index contributed by atoms with van der Waals surface area (Å²) in [4.78, 5) is 16.9. The van der Waals surface area contributed by atoms with Gasteiger partial charge in [-0.15, -0.1) is 0 Å². The lowest BCUT2D eigenvalue weighted by atomic mass is 9.89. The highest BCUT2D eigenvalue weighted by Crippen LogP contribution is 2.38. The van der Waals surface area contributed by atoms with Crippen LogP contribution in [-0.4, -0.2) is 21.6 Å². The Kier molecular flexibility index (Phi) is 6.77. The van der Waals surface area contributed by atoms with Gasteiger partial charge in [0, 0.05) is 5.69 Å². The highest BCUT2D eigenvalue weighted by Gasteiger charge is 2.37. The van der Waals surface area contributed by atoms with Crippen LogP contribution in [0.2, 0.25) is 0 Å². The second-order valence-electron chi connectivity index (χ2n) is 8.40. The van der Waals surface area contributed by atoms with Crippen LogP contribution in [0.5, 0.6) is 0 Å². The highest BCUT2D eigenvalue weighted by atomic mass is 19.4.